The highest BCUT2D eigenvalue weighted by molar-refractivity contribution is 5.38. The molecular formula is C29H46O3. The molecular weight excluding hydrogens is 396 g/mol. The van der Waals surface area contributed by atoms with E-state index in [1.807, 2.05) is 19.9 Å². The van der Waals surface area contributed by atoms with Gasteiger partial charge in [0, 0.05) is 6.42 Å². The molecule has 0 bridgehead atoms. The molecule has 0 aromatic rings. The Morgan fingerprint density at radius 1 is 1.22 bits per heavy atom. The molecule has 0 radical (unpaired) electrons. The minimum atomic E-state index is -0.710. The second-order valence-corrected chi connectivity index (χ2v) is 11.6. The van der Waals surface area contributed by atoms with E-state index < -0.39 is 17.8 Å². The molecule has 0 amide bonds. The van der Waals surface area contributed by atoms with Crippen molar-refractivity contribution in [1.82, 2.24) is 0 Å². The van der Waals surface area contributed by atoms with Gasteiger partial charge in [0.25, 0.3) is 0 Å². The first-order valence-electron chi connectivity index (χ1n) is 12.9. The Bertz CT molecular complexity index is 753. The lowest BCUT2D eigenvalue weighted by Gasteiger charge is -2.44. The molecule has 0 aliphatic heterocycles. The fourth-order valence-electron chi connectivity index (χ4n) is 6.81. The van der Waals surface area contributed by atoms with Crippen molar-refractivity contribution in [2.45, 2.75) is 110 Å². The first-order valence-corrected chi connectivity index (χ1v) is 12.9. The predicted octanol–water partition coefficient (Wildman–Crippen LogP) is 6.26. The maximum Gasteiger partial charge on any atom is 0.0811 e. The van der Waals surface area contributed by atoms with Gasteiger partial charge in [-0.2, -0.15) is 0 Å². The molecule has 2 unspecified atom stereocenters. The summed E-state index contributed by atoms with van der Waals surface area (Å²) in [6.07, 6.45) is 18.2. The monoisotopic (exact) mass is 442 g/mol. The molecule has 0 aromatic carbocycles. The molecule has 3 saturated carbocycles. The van der Waals surface area contributed by atoms with Crippen LogP contribution in [0.15, 0.2) is 47.6 Å². The van der Waals surface area contributed by atoms with Crippen molar-refractivity contribution in [3.8, 4) is 0 Å². The maximum absolute atomic E-state index is 10.1. The number of fused-ring (bicyclic) bond motifs is 1. The highest BCUT2D eigenvalue weighted by Crippen LogP contribution is 2.59. The molecule has 6 atom stereocenters. The van der Waals surface area contributed by atoms with Crippen LogP contribution in [0.5, 0.6) is 0 Å². The van der Waals surface area contributed by atoms with Gasteiger partial charge in [0.05, 0.1) is 17.8 Å². The summed E-state index contributed by atoms with van der Waals surface area (Å²) >= 11 is 0. The van der Waals surface area contributed by atoms with Gasteiger partial charge < -0.3 is 15.3 Å². The normalized spacial score (nSPS) is 37.4. The Kier molecular flexibility index (Phi) is 8.28. The minimum Gasteiger partial charge on any atom is -0.393 e. The van der Waals surface area contributed by atoms with Gasteiger partial charge in [-0.05, 0) is 99.5 Å². The van der Waals surface area contributed by atoms with Gasteiger partial charge in [-0.1, -0.05) is 56.7 Å². The van der Waals surface area contributed by atoms with Gasteiger partial charge in [0.15, 0.2) is 0 Å². The van der Waals surface area contributed by atoms with Crippen LogP contribution in [0.1, 0.15) is 91.9 Å². The van der Waals surface area contributed by atoms with E-state index in [1.165, 1.54) is 44.9 Å². The van der Waals surface area contributed by atoms with Crippen LogP contribution in [-0.4, -0.2) is 33.1 Å². The van der Waals surface area contributed by atoms with Gasteiger partial charge in [0.1, 0.15) is 0 Å². The van der Waals surface area contributed by atoms with Crippen LogP contribution < -0.4 is 0 Å². The lowest BCUT2D eigenvalue weighted by atomic mass is 9.60. The van der Waals surface area contributed by atoms with Gasteiger partial charge in [0.2, 0.25) is 0 Å². The standard InChI is InChI=1S/C29H46O3/c1-20(10-7-6-8-16-28(3,4)32)25-14-15-26-22(11-9-17-29(25,26)5)12-13-23-18-24(30)19-27(31)21(23)2/h8,12-13,16,20,24-27,30-32H,2,6-7,9-11,14-15,17-19H2,1,3-5H3/b16-8+,22-12+,23-13-/t20-,24-,25?,26?,27+,29-/m1/s1. The predicted molar refractivity (Wildman–Crippen MR) is 133 cm³/mol. The third-order valence-corrected chi connectivity index (χ3v) is 8.54. The Labute approximate surface area is 196 Å². The summed E-state index contributed by atoms with van der Waals surface area (Å²) in [7, 11) is 0. The lowest BCUT2D eigenvalue weighted by molar-refractivity contribution is 0.0861. The van der Waals surface area contributed by atoms with E-state index in [9.17, 15) is 15.3 Å². The second kappa shape index (κ2) is 10.4. The van der Waals surface area contributed by atoms with E-state index in [2.05, 4.69) is 38.7 Å². The summed E-state index contributed by atoms with van der Waals surface area (Å²) in [5.41, 5.74) is 3.03. The third-order valence-electron chi connectivity index (χ3n) is 8.54. The SMILES string of the molecule is C=C1/C(=C\C=C2/CCC[C@@]3(C)C2CCC3[C@H](C)CCC/C=C/C(C)(C)O)C[C@@H](O)C[C@@H]1O. The van der Waals surface area contributed by atoms with Crippen LogP contribution in [0.2, 0.25) is 0 Å². The molecule has 3 aliphatic carbocycles. The van der Waals surface area contributed by atoms with Crippen molar-refractivity contribution in [3.05, 3.63) is 47.6 Å². The Hall–Kier alpha value is -1.16. The van der Waals surface area contributed by atoms with Crippen molar-refractivity contribution >= 4 is 0 Å². The zero-order chi connectivity index (χ0) is 23.5. The summed E-state index contributed by atoms with van der Waals surface area (Å²) in [4.78, 5) is 0. The summed E-state index contributed by atoms with van der Waals surface area (Å²) in [6, 6.07) is 0. The smallest absolute Gasteiger partial charge is 0.0811 e. The highest BCUT2D eigenvalue weighted by atomic mass is 16.3. The largest absolute Gasteiger partial charge is 0.393 e. The minimum absolute atomic E-state index is 0.382. The fourth-order valence-corrected chi connectivity index (χ4v) is 6.81. The molecule has 3 fully saturated rings. The number of aliphatic hydroxyl groups is 3. The highest BCUT2D eigenvalue weighted by Gasteiger charge is 2.50. The summed E-state index contributed by atoms with van der Waals surface area (Å²) in [6.45, 7) is 12.7. The molecule has 0 spiro atoms. The third kappa shape index (κ3) is 6.04. The lowest BCUT2D eigenvalue weighted by Crippen LogP contribution is -2.36. The second-order valence-electron chi connectivity index (χ2n) is 11.6. The van der Waals surface area contributed by atoms with E-state index in [4.69, 9.17) is 0 Å². The summed E-state index contributed by atoms with van der Waals surface area (Å²) in [5, 5.41) is 30.0. The van der Waals surface area contributed by atoms with Crippen LogP contribution in [0, 0.1) is 23.2 Å². The van der Waals surface area contributed by atoms with Crippen molar-refractivity contribution in [1.29, 1.82) is 0 Å². The van der Waals surface area contributed by atoms with Crippen molar-refractivity contribution in [2.75, 3.05) is 0 Å². The zero-order valence-corrected chi connectivity index (χ0v) is 20.8. The first kappa shape index (κ1) is 25.5. The summed E-state index contributed by atoms with van der Waals surface area (Å²) in [5.74, 6) is 2.15. The molecule has 0 heterocycles. The van der Waals surface area contributed by atoms with Crippen LogP contribution in [0.4, 0.5) is 0 Å². The molecule has 180 valence electrons. The van der Waals surface area contributed by atoms with E-state index in [0.717, 1.165) is 29.4 Å². The van der Waals surface area contributed by atoms with Gasteiger partial charge in [-0.3, -0.25) is 0 Å². The summed E-state index contributed by atoms with van der Waals surface area (Å²) < 4.78 is 0. The fraction of sp³-hybridized carbons (Fsp3) is 0.724. The number of unbranched alkanes of at least 4 members (excludes halogenated alkanes) is 1. The van der Waals surface area contributed by atoms with E-state index >= 15 is 0 Å². The number of aliphatic hydroxyl groups excluding tert-OH is 2. The number of allylic oxidation sites excluding steroid dienone is 4. The van der Waals surface area contributed by atoms with E-state index in [1.54, 1.807) is 5.57 Å². The molecule has 3 nitrogen and oxygen atoms in total. The number of hydrogen-bond acceptors (Lipinski definition) is 3. The van der Waals surface area contributed by atoms with Gasteiger partial charge in [-0.15, -0.1) is 0 Å². The quantitative estimate of drug-likeness (QED) is 0.322. The molecule has 0 saturated heterocycles. The molecule has 3 N–H and O–H groups in total. The van der Waals surface area contributed by atoms with Gasteiger partial charge in [-0.25, -0.2) is 0 Å². The first-order chi connectivity index (χ1) is 15.0. The van der Waals surface area contributed by atoms with Crippen molar-refractivity contribution in [3.63, 3.8) is 0 Å². The Morgan fingerprint density at radius 2 is 1.97 bits per heavy atom. The molecule has 3 heteroatoms. The Morgan fingerprint density at radius 3 is 2.69 bits per heavy atom. The average Bonchev–Trinajstić information content (AvgIpc) is 3.06. The topological polar surface area (TPSA) is 60.7 Å². The van der Waals surface area contributed by atoms with Crippen LogP contribution in [-0.2, 0) is 0 Å². The van der Waals surface area contributed by atoms with Gasteiger partial charge >= 0.3 is 0 Å². The number of rotatable bonds is 7. The number of hydrogen-bond donors (Lipinski definition) is 3. The zero-order valence-electron chi connectivity index (χ0n) is 20.8. The van der Waals surface area contributed by atoms with Crippen LogP contribution in [0.25, 0.3) is 0 Å². The van der Waals surface area contributed by atoms with Crippen molar-refractivity contribution in [2.24, 2.45) is 23.2 Å². The molecule has 3 rings (SSSR count). The Balaban J connectivity index is 1.64. The van der Waals surface area contributed by atoms with Crippen LogP contribution >= 0.6 is 0 Å². The average molecular weight is 443 g/mol. The van der Waals surface area contributed by atoms with E-state index in [-0.39, 0.29) is 0 Å². The maximum atomic E-state index is 10.1. The van der Waals surface area contributed by atoms with E-state index in [0.29, 0.717) is 24.2 Å². The molecule has 0 aromatic heterocycles. The van der Waals surface area contributed by atoms with Crippen LogP contribution in [0.3, 0.4) is 0 Å². The van der Waals surface area contributed by atoms with Crippen molar-refractivity contribution < 1.29 is 15.3 Å². The molecule has 32 heavy (non-hydrogen) atoms. The molecule has 3 aliphatic rings.